The zero-order valence-electron chi connectivity index (χ0n) is 13.9. The number of aliphatic imine (C=N–C) groups is 1. The maximum Gasteiger partial charge on any atom is 0.191 e. The van der Waals surface area contributed by atoms with Gasteiger partial charge in [0.05, 0.1) is 18.2 Å². The minimum absolute atomic E-state index is 0. The fraction of sp³-hybridized carbons (Fsp3) is 0.938. The topological polar surface area (TPSA) is 48.9 Å². The van der Waals surface area contributed by atoms with Crippen molar-refractivity contribution in [1.82, 2.24) is 15.5 Å². The molecule has 4 unspecified atom stereocenters. The Hall–Kier alpha value is -0.0800. The lowest BCUT2D eigenvalue weighted by atomic mass is 9.96. The van der Waals surface area contributed by atoms with E-state index in [9.17, 15) is 0 Å². The summed E-state index contributed by atoms with van der Waals surface area (Å²) in [6.07, 6.45) is 8.35. The summed E-state index contributed by atoms with van der Waals surface area (Å²) < 4.78 is 5.90. The van der Waals surface area contributed by atoms with E-state index in [1.807, 2.05) is 7.05 Å². The molecule has 3 rings (SSSR count). The van der Waals surface area contributed by atoms with Crippen LogP contribution >= 0.6 is 24.0 Å². The van der Waals surface area contributed by atoms with Gasteiger partial charge in [0.1, 0.15) is 0 Å². The van der Waals surface area contributed by atoms with Gasteiger partial charge < -0.3 is 15.4 Å². The standard InChI is InChI=1S/C16H30N4O.HI/c1-3-12(20-8-4-5-9-20)11-18-16(17-2)19-14-10-13-6-7-15(14)21-13;/h12-15H,3-11H2,1-2H3,(H2,17,18,19);1H. The molecule has 3 heterocycles. The van der Waals surface area contributed by atoms with Gasteiger partial charge in [0.15, 0.2) is 5.96 Å². The van der Waals surface area contributed by atoms with E-state index in [0.29, 0.717) is 24.3 Å². The minimum atomic E-state index is 0. The molecule has 0 aliphatic carbocycles. The maximum atomic E-state index is 5.90. The van der Waals surface area contributed by atoms with Gasteiger partial charge in [0.25, 0.3) is 0 Å². The first-order valence-corrected chi connectivity index (χ1v) is 8.67. The van der Waals surface area contributed by atoms with Crippen LogP contribution < -0.4 is 10.6 Å². The third kappa shape index (κ3) is 4.26. The van der Waals surface area contributed by atoms with Crippen molar-refractivity contribution >= 4 is 29.9 Å². The van der Waals surface area contributed by atoms with Crippen LogP contribution in [0, 0.1) is 0 Å². The van der Waals surface area contributed by atoms with Crippen LogP contribution in [0.4, 0.5) is 0 Å². The molecule has 0 aromatic carbocycles. The smallest absolute Gasteiger partial charge is 0.191 e. The molecule has 3 fully saturated rings. The highest BCUT2D eigenvalue weighted by Gasteiger charge is 2.41. The number of hydrogen-bond acceptors (Lipinski definition) is 3. The molecule has 3 aliphatic heterocycles. The van der Waals surface area contributed by atoms with Crippen molar-refractivity contribution in [1.29, 1.82) is 0 Å². The third-order valence-electron chi connectivity index (χ3n) is 5.29. The Bertz CT molecular complexity index is 373. The van der Waals surface area contributed by atoms with Crippen molar-refractivity contribution in [2.45, 2.75) is 69.7 Å². The van der Waals surface area contributed by atoms with Gasteiger partial charge in [-0.15, -0.1) is 24.0 Å². The number of fused-ring (bicyclic) bond motifs is 2. The summed E-state index contributed by atoms with van der Waals surface area (Å²) >= 11 is 0. The summed E-state index contributed by atoms with van der Waals surface area (Å²) in [5, 5.41) is 7.09. The fourth-order valence-corrected chi connectivity index (χ4v) is 4.01. The highest BCUT2D eigenvalue weighted by Crippen LogP contribution is 2.34. The minimum Gasteiger partial charge on any atom is -0.373 e. The van der Waals surface area contributed by atoms with E-state index in [0.717, 1.165) is 18.9 Å². The highest BCUT2D eigenvalue weighted by atomic mass is 127. The van der Waals surface area contributed by atoms with Crippen molar-refractivity contribution in [2.75, 3.05) is 26.7 Å². The van der Waals surface area contributed by atoms with Gasteiger partial charge >= 0.3 is 0 Å². The highest BCUT2D eigenvalue weighted by molar-refractivity contribution is 14.0. The molecular formula is C16H31IN4O. The van der Waals surface area contributed by atoms with E-state index >= 15 is 0 Å². The first kappa shape index (κ1) is 18.3. The molecular weight excluding hydrogens is 391 g/mol. The monoisotopic (exact) mass is 422 g/mol. The lowest BCUT2D eigenvalue weighted by Crippen LogP contribution is -2.50. The summed E-state index contributed by atoms with van der Waals surface area (Å²) in [6, 6.07) is 1.07. The van der Waals surface area contributed by atoms with Gasteiger partial charge in [-0.1, -0.05) is 6.92 Å². The molecule has 2 bridgehead atoms. The normalized spacial score (nSPS) is 32.8. The Kier molecular flexibility index (Phi) is 7.21. The van der Waals surface area contributed by atoms with E-state index in [1.165, 1.54) is 45.2 Å². The largest absolute Gasteiger partial charge is 0.373 e. The second-order valence-electron chi connectivity index (χ2n) is 6.62. The average Bonchev–Trinajstić information content (AvgIpc) is 3.24. The maximum absolute atomic E-state index is 5.90. The predicted octanol–water partition coefficient (Wildman–Crippen LogP) is 1.96. The SMILES string of the molecule is CCC(CNC(=NC)NC1CC2CCC1O2)N1CCCC1.I. The number of nitrogens with zero attached hydrogens (tertiary/aromatic N) is 2. The molecule has 128 valence electrons. The van der Waals surface area contributed by atoms with Crippen molar-refractivity contribution in [2.24, 2.45) is 4.99 Å². The van der Waals surface area contributed by atoms with Gasteiger partial charge in [0.2, 0.25) is 0 Å². The Morgan fingerprint density at radius 3 is 2.64 bits per heavy atom. The summed E-state index contributed by atoms with van der Waals surface area (Å²) in [5.74, 6) is 0.939. The molecule has 0 saturated carbocycles. The summed E-state index contributed by atoms with van der Waals surface area (Å²) in [7, 11) is 1.86. The van der Waals surface area contributed by atoms with Gasteiger partial charge in [-0.2, -0.15) is 0 Å². The van der Waals surface area contributed by atoms with Crippen LogP contribution in [-0.2, 0) is 4.74 Å². The molecule has 0 amide bonds. The molecule has 3 saturated heterocycles. The molecule has 2 N–H and O–H groups in total. The van der Waals surface area contributed by atoms with Crippen LogP contribution in [-0.4, -0.2) is 61.8 Å². The zero-order chi connectivity index (χ0) is 14.7. The third-order valence-corrected chi connectivity index (χ3v) is 5.29. The van der Waals surface area contributed by atoms with Crippen LogP contribution in [0.2, 0.25) is 0 Å². The number of nitrogens with one attached hydrogen (secondary N) is 2. The van der Waals surface area contributed by atoms with Crippen molar-refractivity contribution in [3.05, 3.63) is 0 Å². The Labute approximate surface area is 151 Å². The molecule has 5 nitrogen and oxygen atoms in total. The van der Waals surface area contributed by atoms with Gasteiger partial charge in [-0.25, -0.2) is 0 Å². The number of ether oxygens (including phenoxy) is 1. The van der Waals surface area contributed by atoms with Gasteiger partial charge in [-0.3, -0.25) is 9.89 Å². The average molecular weight is 422 g/mol. The van der Waals surface area contributed by atoms with Crippen molar-refractivity contribution in [3.63, 3.8) is 0 Å². The van der Waals surface area contributed by atoms with Gasteiger partial charge in [0, 0.05) is 19.6 Å². The molecule has 4 atom stereocenters. The van der Waals surface area contributed by atoms with Crippen LogP contribution in [0.5, 0.6) is 0 Å². The van der Waals surface area contributed by atoms with E-state index in [2.05, 4.69) is 27.4 Å². The molecule has 6 heteroatoms. The molecule has 0 spiro atoms. The lowest BCUT2D eigenvalue weighted by Gasteiger charge is -2.28. The van der Waals surface area contributed by atoms with Crippen LogP contribution in [0.1, 0.15) is 45.4 Å². The number of halogens is 1. The van der Waals surface area contributed by atoms with Crippen LogP contribution in [0.25, 0.3) is 0 Å². The number of rotatable bonds is 5. The Morgan fingerprint density at radius 2 is 2.09 bits per heavy atom. The van der Waals surface area contributed by atoms with E-state index in [4.69, 9.17) is 4.74 Å². The molecule has 0 radical (unpaired) electrons. The molecule has 0 aromatic rings. The van der Waals surface area contributed by atoms with Gasteiger partial charge in [-0.05, 0) is 51.6 Å². The quantitative estimate of drug-likeness (QED) is 0.404. The predicted molar refractivity (Wildman–Crippen MR) is 101 cm³/mol. The number of guanidine groups is 1. The summed E-state index contributed by atoms with van der Waals surface area (Å²) in [5.41, 5.74) is 0. The summed E-state index contributed by atoms with van der Waals surface area (Å²) in [4.78, 5) is 7.00. The first-order chi connectivity index (χ1) is 10.3. The lowest BCUT2D eigenvalue weighted by molar-refractivity contribution is 0.0992. The van der Waals surface area contributed by atoms with Crippen LogP contribution in [0.3, 0.4) is 0 Å². The van der Waals surface area contributed by atoms with E-state index < -0.39 is 0 Å². The Morgan fingerprint density at radius 1 is 1.32 bits per heavy atom. The molecule has 3 aliphatic rings. The second kappa shape index (κ2) is 8.68. The van der Waals surface area contributed by atoms with E-state index in [-0.39, 0.29) is 24.0 Å². The van der Waals surface area contributed by atoms with E-state index in [1.54, 1.807) is 0 Å². The van der Waals surface area contributed by atoms with Crippen molar-refractivity contribution < 1.29 is 4.74 Å². The number of likely N-dealkylation sites (tertiary alicyclic amines) is 1. The fourth-order valence-electron chi connectivity index (χ4n) is 4.01. The van der Waals surface area contributed by atoms with Crippen molar-refractivity contribution in [3.8, 4) is 0 Å². The summed E-state index contributed by atoms with van der Waals surface area (Å²) in [6.45, 7) is 5.78. The van der Waals surface area contributed by atoms with Crippen LogP contribution in [0.15, 0.2) is 4.99 Å². The Balaban J connectivity index is 0.00000176. The second-order valence-corrected chi connectivity index (χ2v) is 6.62. The molecule has 0 aromatic heterocycles. The zero-order valence-corrected chi connectivity index (χ0v) is 16.2. The molecule has 22 heavy (non-hydrogen) atoms. The first-order valence-electron chi connectivity index (χ1n) is 8.67. The number of hydrogen-bond donors (Lipinski definition) is 2.